The molecular formula is C101H128F5IN10O21S5. The SMILES string of the molecule is C.CCc1cc(NS(=O)(=O)C2(CCO)CC2)c(Cc2ccc(C)cc2F)n(C)c1=O.CCc1cc(NS(=O)(=O)C2(C[C@H](O)CO)CC2)c(Cc2ccc(C)cc2F)n(C)c1=O.CCc1cc(NS(=O)(=O)C2CC2)c(Cc2ccc(I)cc2F)n(C)c1=O.Cc1ccc(Cc2c(NS(=O)(=O)C3(CCO)CC3)ccc(=O)n2C)c(F)c1.Cc1ccc(Cc2c(NS(=O)(=O)C3(C[C@@H](O)CO)CC3)ccc(=O)n2C)c(F)c1. The molecule has 0 amide bonds. The van der Waals surface area contributed by atoms with Gasteiger partial charge in [0.1, 0.15) is 29.1 Å². The third-order valence-corrected chi connectivity index (χ3v) is 38.4. The smallest absolute Gasteiger partial charge is 0.253 e. The molecule has 5 aromatic carbocycles. The molecule has 5 aliphatic rings. The molecule has 0 bridgehead atoms. The lowest BCUT2D eigenvalue weighted by Crippen LogP contribution is -2.35. The first-order valence-corrected chi connectivity index (χ1v) is 55.1. The van der Waals surface area contributed by atoms with Crippen LogP contribution in [0.2, 0.25) is 0 Å². The van der Waals surface area contributed by atoms with E-state index in [1.54, 1.807) is 129 Å². The Labute approximate surface area is 844 Å². The number of nitrogens with one attached hydrogen (secondary N) is 5. The zero-order valence-electron chi connectivity index (χ0n) is 81.2. The number of aromatic nitrogens is 5. The topological polar surface area (TPSA) is 462 Å². The first-order chi connectivity index (χ1) is 66.7. The van der Waals surface area contributed by atoms with Crippen LogP contribution in [0.1, 0.15) is 213 Å². The molecule has 2 atom stereocenters. The van der Waals surface area contributed by atoms with Crippen LogP contribution in [0.25, 0.3) is 0 Å². The number of hydrogen-bond donors (Lipinski definition) is 11. The maximum absolute atomic E-state index is 14.5. The third kappa shape index (κ3) is 27.0. The van der Waals surface area contributed by atoms with Crippen molar-refractivity contribution in [2.75, 3.05) is 50.0 Å². The van der Waals surface area contributed by atoms with Gasteiger partial charge in [0, 0.05) is 141 Å². The molecular weight excluding hydrogens is 2070 g/mol. The Balaban J connectivity index is 0.000000183. The fraction of sp³-hybridized carbons (Fsp3) is 0.455. The van der Waals surface area contributed by atoms with E-state index >= 15 is 0 Å². The molecule has 5 heterocycles. The predicted molar refractivity (Wildman–Crippen MR) is 553 cm³/mol. The molecule has 0 unspecified atom stereocenters. The minimum Gasteiger partial charge on any atom is -0.396 e. The largest absolute Gasteiger partial charge is 0.396 e. The molecule has 0 saturated heterocycles. The monoisotopic (exact) mass is 2200 g/mol. The Bertz CT molecular complexity index is 7350. The summed E-state index contributed by atoms with van der Waals surface area (Å²) in [5, 5.41) is 55.8. The molecule has 10 aromatic rings. The summed E-state index contributed by atoms with van der Waals surface area (Å²) < 4.78 is 217. The molecule has 15 rings (SSSR count). The highest BCUT2D eigenvalue weighted by atomic mass is 127. The third-order valence-electron chi connectivity index (χ3n) is 27.0. The van der Waals surface area contributed by atoms with Gasteiger partial charge in [0.2, 0.25) is 50.1 Å². The number of benzene rings is 5. The van der Waals surface area contributed by atoms with Gasteiger partial charge < -0.3 is 53.5 Å². The molecule has 31 nitrogen and oxygen atoms in total. The van der Waals surface area contributed by atoms with Crippen molar-refractivity contribution >= 4 is 101 Å². The van der Waals surface area contributed by atoms with E-state index in [2.05, 4.69) is 23.6 Å². The molecule has 0 aliphatic heterocycles. The van der Waals surface area contributed by atoms with Crippen LogP contribution >= 0.6 is 22.6 Å². The highest BCUT2D eigenvalue weighted by Crippen LogP contribution is 2.51. The molecule has 5 aliphatic carbocycles. The van der Waals surface area contributed by atoms with Crippen LogP contribution in [0.3, 0.4) is 0 Å². The highest BCUT2D eigenvalue weighted by Gasteiger charge is 2.58. The minimum absolute atomic E-state index is 0. The van der Waals surface area contributed by atoms with E-state index < -0.39 is 118 Å². The summed E-state index contributed by atoms with van der Waals surface area (Å²) in [6.07, 6.45) is 4.29. The molecule has 5 fully saturated rings. The molecule has 143 heavy (non-hydrogen) atoms. The predicted octanol–water partition coefficient (Wildman–Crippen LogP) is 12.0. The summed E-state index contributed by atoms with van der Waals surface area (Å²) >= 11 is 2.03. The summed E-state index contributed by atoms with van der Waals surface area (Å²) in [4.78, 5) is 62.0. The van der Waals surface area contributed by atoms with Crippen molar-refractivity contribution in [2.24, 2.45) is 35.2 Å². The van der Waals surface area contributed by atoms with Crippen molar-refractivity contribution in [1.82, 2.24) is 22.8 Å². The van der Waals surface area contributed by atoms with Crippen LogP contribution in [0.5, 0.6) is 0 Å². The van der Waals surface area contributed by atoms with Gasteiger partial charge in [-0.05, 0) is 276 Å². The van der Waals surface area contributed by atoms with Crippen LogP contribution in [0.4, 0.5) is 50.4 Å². The zero-order chi connectivity index (χ0) is 105. The fourth-order valence-electron chi connectivity index (χ4n) is 16.9. The number of nitrogens with zero attached hydrogens (tertiary/aromatic N) is 5. The van der Waals surface area contributed by atoms with Crippen molar-refractivity contribution in [3.8, 4) is 0 Å². The van der Waals surface area contributed by atoms with Crippen LogP contribution in [-0.2, 0) is 137 Å². The van der Waals surface area contributed by atoms with Gasteiger partial charge in [-0.15, -0.1) is 0 Å². The van der Waals surface area contributed by atoms with Crippen LogP contribution in [0, 0.1) is 60.4 Å². The number of pyridine rings is 5. The van der Waals surface area contributed by atoms with Crippen LogP contribution in [-0.4, -0.2) is 158 Å². The Morgan fingerprint density at radius 3 is 0.846 bits per heavy atom. The lowest BCUT2D eigenvalue weighted by Gasteiger charge is -2.23. The molecule has 11 N–H and O–H groups in total. The second kappa shape index (κ2) is 46.6. The maximum atomic E-state index is 14.5. The number of hydrogen-bond acceptors (Lipinski definition) is 21. The first kappa shape index (κ1) is 115. The summed E-state index contributed by atoms with van der Waals surface area (Å²) in [7, 11) is -11.1. The summed E-state index contributed by atoms with van der Waals surface area (Å²) in [6.45, 7) is 11.1. The molecule has 0 radical (unpaired) electrons. The fourth-order valence-corrected chi connectivity index (χ4v) is 25.7. The molecule has 5 aromatic heterocycles. The number of anilines is 5. The van der Waals surface area contributed by atoms with E-state index in [0.717, 1.165) is 25.8 Å². The van der Waals surface area contributed by atoms with Gasteiger partial charge in [-0.3, -0.25) is 47.6 Å². The molecule has 780 valence electrons. The Morgan fingerprint density at radius 2 is 0.601 bits per heavy atom. The van der Waals surface area contributed by atoms with Gasteiger partial charge in [-0.1, -0.05) is 82.8 Å². The van der Waals surface area contributed by atoms with Gasteiger partial charge in [0.25, 0.3) is 27.8 Å². The summed E-state index contributed by atoms with van der Waals surface area (Å²) in [5.41, 5.74) is 8.28. The van der Waals surface area contributed by atoms with E-state index in [1.807, 2.05) is 36.4 Å². The van der Waals surface area contributed by atoms with E-state index in [0.29, 0.717) is 162 Å². The first-order valence-electron chi connectivity index (χ1n) is 46.6. The highest BCUT2D eigenvalue weighted by molar-refractivity contribution is 14.1. The number of sulfonamides is 5. The van der Waals surface area contributed by atoms with E-state index in [9.17, 15) is 108 Å². The second-order valence-electron chi connectivity index (χ2n) is 37.5. The van der Waals surface area contributed by atoms with Crippen LogP contribution < -0.4 is 51.4 Å². The quantitative estimate of drug-likeness (QED) is 0.0126. The average molecular weight is 2200 g/mol. The van der Waals surface area contributed by atoms with Crippen molar-refractivity contribution in [2.45, 2.75) is 234 Å². The zero-order valence-corrected chi connectivity index (χ0v) is 87.4. The lowest BCUT2D eigenvalue weighted by atomic mass is 10.0. The van der Waals surface area contributed by atoms with E-state index in [-0.39, 0.29) is 140 Å². The van der Waals surface area contributed by atoms with Crippen molar-refractivity contribution in [3.63, 3.8) is 0 Å². The van der Waals surface area contributed by atoms with Crippen molar-refractivity contribution in [1.29, 1.82) is 0 Å². The number of aliphatic hydroxyl groups excluding tert-OH is 6. The van der Waals surface area contributed by atoms with E-state index in [4.69, 9.17) is 10.2 Å². The Morgan fingerprint density at radius 1 is 0.350 bits per heavy atom. The Hall–Kier alpha value is -10.3. The number of rotatable bonds is 38. The summed E-state index contributed by atoms with van der Waals surface area (Å²) in [5.74, 6) is -2.03. The molecule has 42 heteroatoms. The van der Waals surface area contributed by atoms with Crippen LogP contribution in [0.15, 0.2) is 157 Å². The van der Waals surface area contributed by atoms with Crippen molar-refractivity contribution in [3.05, 3.63) is 313 Å². The number of halogens is 6. The standard InChI is InChI=1S/C22H29FN2O5S.C21H27FN2O4S.C20H25FN2O5S.C19H23FN2O4S.C18H20FIN2O3S.CH4/c1-4-15-10-19(24-31(29,30)22(7-8-22)12-17(27)13-26)20(25(3)21(15)28)11-16-6-5-14(2)9-18(16)23;1-4-15-12-18(23-29(27,28)21(7-8-21)9-10-25)19(24(3)20(15)26)13-16-6-5-14(2)11-17(16)22;1-13-3-4-14(16(21)9-13)10-18-17(5-6-19(26)23(18)2)22-29(27,28)20(7-8-20)11-15(25)12-24;1-13-3-4-14(15(20)11-13)12-17-16(5-6-18(24)22(17)2)21-27(25,26)19(7-8-19)9-10-23;1-3-11-8-16(21-26(24,25)14-6-7-14)17(22(2)18(11)23)9-12-4-5-13(20)10-15(12)19;/h5-6,9-10,17,24,26-27H,4,7-8,11-13H2,1-3H3;5-6,11-12,23,25H,4,7-10,13H2,1-3H3;3-6,9,15,22,24-25H,7-8,10-12H2,1-2H3;3-6,11,21,23H,7-10,12H2,1-2H3;4-5,8,10,14,21H,3,6-7,9H2,1-2H3;1H4/t17-;;15-;;;/m0.1.../s1. The normalized spacial score (nSPS) is 15.5. The van der Waals surface area contributed by atoms with Gasteiger partial charge >= 0.3 is 0 Å². The van der Waals surface area contributed by atoms with E-state index in [1.165, 1.54) is 97.6 Å². The Kier molecular flexibility index (Phi) is 37.4. The second-order valence-corrected chi connectivity index (χ2v) is 49.0. The number of aliphatic hydroxyl groups is 6. The van der Waals surface area contributed by atoms with Gasteiger partial charge in [-0.25, -0.2) is 64.0 Å². The van der Waals surface area contributed by atoms with Crippen molar-refractivity contribution < 1.29 is 94.7 Å². The maximum Gasteiger partial charge on any atom is 0.253 e. The summed E-state index contributed by atoms with van der Waals surface area (Å²) in [6, 6.07) is 34.0. The lowest BCUT2D eigenvalue weighted by molar-refractivity contribution is 0.0858. The number of aryl methyl sites for hydroxylation is 7. The average Bonchev–Trinajstić information content (AvgIpc) is 1.49. The van der Waals surface area contributed by atoms with Gasteiger partial charge in [0.05, 0.1) is 78.1 Å². The minimum atomic E-state index is -3.92. The molecule has 5 saturated carbocycles. The van der Waals surface area contributed by atoms with Gasteiger partial charge in [0.15, 0.2) is 0 Å². The van der Waals surface area contributed by atoms with Gasteiger partial charge in [-0.2, -0.15) is 0 Å². The molecule has 0 spiro atoms.